The lowest BCUT2D eigenvalue weighted by Gasteiger charge is -2.30. The molecule has 1 fully saturated rings. The van der Waals surface area contributed by atoms with E-state index in [-0.39, 0.29) is 41.8 Å². The largest absolute Gasteiger partial charge is 0.424 e. The fourth-order valence-corrected chi connectivity index (χ4v) is 3.59. The minimum Gasteiger partial charge on any atom is -0.374 e. The highest BCUT2D eigenvalue weighted by Crippen LogP contribution is 2.48. The van der Waals surface area contributed by atoms with E-state index in [4.69, 9.17) is 0 Å². The average Bonchev–Trinajstić information content (AvgIpc) is 3.38. The zero-order valence-electron chi connectivity index (χ0n) is 17.9. The van der Waals surface area contributed by atoms with Crippen LogP contribution in [0.3, 0.4) is 0 Å². The molecule has 0 amide bonds. The van der Waals surface area contributed by atoms with Gasteiger partial charge in [-0.3, -0.25) is 4.99 Å². The summed E-state index contributed by atoms with van der Waals surface area (Å²) >= 11 is 0. The van der Waals surface area contributed by atoms with Gasteiger partial charge >= 0.3 is 6.18 Å². The third-order valence-electron chi connectivity index (χ3n) is 5.61. The summed E-state index contributed by atoms with van der Waals surface area (Å²) in [6, 6.07) is 6.41. The summed E-state index contributed by atoms with van der Waals surface area (Å²) in [5, 5.41) is 16.3. The molecular weight excluding hydrogens is 541 g/mol. The van der Waals surface area contributed by atoms with Gasteiger partial charge in [-0.15, -0.1) is 24.0 Å². The van der Waals surface area contributed by atoms with Gasteiger partial charge in [-0.1, -0.05) is 12.1 Å². The van der Waals surface area contributed by atoms with Crippen LogP contribution in [0.5, 0.6) is 0 Å². The molecule has 0 radical (unpaired) electrons. The molecule has 2 aromatic rings. The van der Waals surface area contributed by atoms with Crippen LogP contribution in [0, 0.1) is 5.82 Å². The summed E-state index contributed by atoms with van der Waals surface area (Å²) < 4.78 is 55.7. The van der Waals surface area contributed by atoms with Gasteiger partial charge in [0.2, 0.25) is 5.60 Å². The van der Waals surface area contributed by atoms with Gasteiger partial charge in [0.25, 0.3) is 0 Å². The van der Waals surface area contributed by atoms with Crippen LogP contribution in [0.4, 0.5) is 17.6 Å². The maximum absolute atomic E-state index is 13.6. The molecule has 11 heteroatoms. The molecule has 1 aromatic carbocycles. The first-order chi connectivity index (χ1) is 14.6. The third kappa shape index (κ3) is 5.72. The molecule has 6 nitrogen and oxygen atoms in total. The zero-order valence-corrected chi connectivity index (χ0v) is 20.2. The molecular formula is C21H28F4IN5O. The Morgan fingerprint density at radius 2 is 2.00 bits per heavy atom. The number of aromatic nitrogens is 2. The number of nitrogens with one attached hydrogen (secondary N) is 2. The lowest BCUT2D eigenvalue weighted by molar-refractivity contribution is -0.272. The first-order valence-electron chi connectivity index (χ1n) is 10.2. The average molecular weight is 569 g/mol. The lowest BCUT2D eigenvalue weighted by atomic mass is 9.96. The van der Waals surface area contributed by atoms with E-state index in [0.29, 0.717) is 19.0 Å². The van der Waals surface area contributed by atoms with E-state index in [1.807, 2.05) is 13.0 Å². The molecule has 0 spiro atoms. The Morgan fingerprint density at radius 1 is 1.28 bits per heavy atom. The predicted octanol–water partition coefficient (Wildman–Crippen LogP) is 3.60. The van der Waals surface area contributed by atoms with Crippen LogP contribution in [0.15, 0.2) is 41.7 Å². The van der Waals surface area contributed by atoms with E-state index in [1.54, 1.807) is 6.07 Å². The molecule has 0 bridgehead atoms. The first-order valence-corrected chi connectivity index (χ1v) is 10.2. The summed E-state index contributed by atoms with van der Waals surface area (Å²) in [4.78, 5) is 8.20. The molecule has 3 N–H and O–H groups in total. The Morgan fingerprint density at radius 3 is 2.53 bits per heavy atom. The minimum atomic E-state index is -4.89. The van der Waals surface area contributed by atoms with Gasteiger partial charge in [-0.05, 0) is 37.5 Å². The first kappa shape index (κ1) is 26.4. The van der Waals surface area contributed by atoms with Crippen LogP contribution in [-0.4, -0.2) is 46.4 Å². The quantitative estimate of drug-likeness (QED) is 0.197. The molecule has 0 aliphatic heterocycles. The van der Waals surface area contributed by atoms with Crippen LogP contribution in [0.2, 0.25) is 0 Å². The van der Waals surface area contributed by atoms with Crippen LogP contribution in [0.25, 0.3) is 0 Å². The van der Waals surface area contributed by atoms with Crippen molar-refractivity contribution in [2.75, 3.05) is 19.6 Å². The van der Waals surface area contributed by atoms with E-state index in [2.05, 4.69) is 20.6 Å². The standard InChI is InChI=1S/C21H27F4N5O.HI/c1-3-26-18(29-14-19(7-8-19)15-5-4-6-16(22)13-15)28-10-9-20(31,21(23,24)25)17-27-11-12-30(17)2;/h4-6,11-13,31H,3,7-10,14H2,1-2H3,(H2,26,28,29);1H. The van der Waals surface area contributed by atoms with Crippen LogP contribution in [0.1, 0.15) is 37.6 Å². The van der Waals surface area contributed by atoms with Crippen molar-refractivity contribution in [3.8, 4) is 0 Å². The fraction of sp³-hybridized carbons (Fsp3) is 0.524. The minimum absolute atomic E-state index is 0. The number of aliphatic hydroxyl groups is 1. The Hall–Kier alpha value is -1.89. The number of aliphatic imine (C=N–C) groups is 1. The number of imidazole rings is 1. The van der Waals surface area contributed by atoms with Gasteiger partial charge in [-0.25, -0.2) is 9.37 Å². The molecule has 1 unspecified atom stereocenters. The summed E-state index contributed by atoms with van der Waals surface area (Å²) in [5.41, 5.74) is -2.47. The van der Waals surface area contributed by atoms with Crippen molar-refractivity contribution in [3.05, 3.63) is 53.9 Å². The van der Waals surface area contributed by atoms with Gasteiger partial charge in [0.1, 0.15) is 11.6 Å². The number of guanidine groups is 1. The Kier molecular flexibility index (Phi) is 8.54. The molecule has 1 saturated carbocycles. The molecule has 32 heavy (non-hydrogen) atoms. The van der Waals surface area contributed by atoms with Gasteiger partial charge in [0, 0.05) is 44.4 Å². The van der Waals surface area contributed by atoms with Crippen molar-refractivity contribution >= 4 is 29.9 Å². The van der Waals surface area contributed by atoms with Crippen molar-refractivity contribution in [2.24, 2.45) is 12.0 Å². The molecule has 1 aliphatic carbocycles. The molecule has 3 rings (SSSR count). The highest BCUT2D eigenvalue weighted by atomic mass is 127. The maximum Gasteiger partial charge on any atom is 0.424 e. The molecule has 178 valence electrons. The highest BCUT2D eigenvalue weighted by Gasteiger charge is 2.57. The van der Waals surface area contributed by atoms with E-state index in [1.165, 1.54) is 31.6 Å². The van der Waals surface area contributed by atoms with Crippen molar-refractivity contribution in [3.63, 3.8) is 0 Å². The number of rotatable bonds is 8. The molecule has 1 aromatic heterocycles. The predicted molar refractivity (Wildman–Crippen MR) is 124 cm³/mol. The summed E-state index contributed by atoms with van der Waals surface area (Å²) in [6.45, 7) is 2.56. The van der Waals surface area contributed by atoms with Gasteiger partial charge < -0.3 is 20.3 Å². The van der Waals surface area contributed by atoms with Crippen LogP contribution in [-0.2, 0) is 18.1 Å². The number of hydrogen-bond acceptors (Lipinski definition) is 3. The Balaban J connectivity index is 0.00000363. The van der Waals surface area contributed by atoms with Gasteiger partial charge in [-0.2, -0.15) is 13.2 Å². The van der Waals surface area contributed by atoms with E-state index in [9.17, 15) is 22.7 Å². The molecule has 0 saturated heterocycles. The number of alkyl halides is 3. The number of nitrogens with zero attached hydrogens (tertiary/aromatic N) is 3. The van der Waals surface area contributed by atoms with Gasteiger partial charge in [0.05, 0.1) is 6.54 Å². The van der Waals surface area contributed by atoms with E-state index >= 15 is 0 Å². The number of aryl methyl sites for hydroxylation is 1. The second-order valence-electron chi connectivity index (χ2n) is 7.88. The summed E-state index contributed by atoms with van der Waals surface area (Å²) in [7, 11) is 1.40. The molecule has 1 heterocycles. The normalized spacial score (nSPS) is 17.3. The number of benzene rings is 1. The van der Waals surface area contributed by atoms with Crippen LogP contribution >= 0.6 is 24.0 Å². The Labute approximate surface area is 201 Å². The molecule has 1 aliphatic rings. The second kappa shape index (κ2) is 10.4. The smallest absolute Gasteiger partial charge is 0.374 e. The van der Waals surface area contributed by atoms with Crippen molar-refractivity contribution in [2.45, 2.75) is 43.4 Å². The summed E-state index contributed by atoms with van der Waals surface area (Å²) in [5.74, 6) is -0.431. The Bertz CT molecular complexity index is 929. The highest BCUT2D eigenvalue weighted by molar-refractivity contribution is 14.0. The number of hydrogen-bond donors (Lipinski definition) is 3. The number of halogens is 5. The fourth-order valence-electron chi connectivity index (χ4n) is 3.59. The molecule has 1 atom stereocenters. The van der Waals surface area contributed by atoms with Crippen LogP contribution < -0.4 is 10.6 Å². The third-order valence-corrected chi connectivity index (χ3v) is 5.61. The van der Waals surface area contributed by atoms with E-state index < -0.39 is 24.0 Å². The zero-order chi connectivity index (χ0) is 22.7. The van der Waals surface area contributed by atoms with Crippen molar-refractivity contribution in [1.29, 1.82) is 0 Å². The van der Waals surface area contributed by atoms with E-state index in [0.717, 1.165) is 23.0 Å². The van der Waals surface area contributed by atoms with Crippen molar-refractivity contribution in [1.82, 2.24) is 20.2 Å². The topological polar surface area (TPSA) is 74.5 Å². The lowest BCUT2D eigenvalue weighted by Crippen LogP contribution is -2.48. The maximum atomic E-state index is 13.6. The van der Waals surface area contributed by atoms with Crippen molar-refractivity contribution < 1.29 is 22.7 Å². The second-order valence-corrected chi connectivity index (χ2v) is 7.88. The summed E-state index contributed by atoms with van der Waals surface area (Å²) in [6.07, 6.45) is -1.22. The SMILES string of the molecule is CCNC(=NCC1(c2cccc(F)c2)CC1)NCCC(O)(c1nccn1C)C(F)(F)F.I. The van der Waals surface area contributed by atoms with Gasteiger partial charge in [0.15, 0.2) is 5.96 Å². The monoisotopic (exact) mass is 569 g/mol.